The molecule has 3 heterocycles. The Morgan fingerprint density at radius 3 is 2.49 bits per heavy atom. The van der Waals surface area contributed by atoms with Crippen LogP contribution in [0, 0.1) is 6.92 Å². The molecule has 2 aromatic carbocycles. The second-order valence-electron chi connectivity index (χ2n) is 10.2. The van der Waals surface area contributed by atoms with Gasteiger partial charge in [-0.15, -0.1) is 0 Å². The molecule has 4 aromatic rings. The van der Waals surface area contributed by atoms with Gasteiger partial charge in [-0.05, 0) is 50.1 Å². The number of rotatable bonds is 9. The number of hydrogen-bond donors (Lipinski definition) is 0. The first-order chi connectivity index (χ1) is 18.9. The van der Waals surface area contributed by atoms with E-state index in [0.717, 1.165) is 66.6 Å². The second kappa shape index (κ2) is 11.8. The number of aromatic nitrogens is 4. The summed E-state index contributed by atoms with van der Waals surface area (Å²) in [5, 5.41) is 0. The topological polar surface area (TPSA) is 85.6 Å². The van der Waals surface area contributed by atoms with Crippen LogP contribution in [0.25, 0.3) is 22.6 Å². The number of carbonyl (C=O) groups is 1. The second-order valence-corrected chi connectivity index (χ2v) is 10.2. The summed E-state index contributed by atoms with van der Waals surface area (Å²) < 4.78 is 14.2. The first-order valence-electron chi connectivity index (χ1n) is 13.5. The molecule has 9 nitrogen and oxygen atoms in total. The smallest absolute Gasteiger partial charge is 0.245 e. The van der Waals surface area contributed by atoms with Crippen LogP contribution in [0.4, 0.5) is 0 Å². The molecule has 0 aliphatic carbocycles. The lowest BCUT2D eigenvalue weighted by Gasteiger charge is -2.34. The number of fused-ring (bicyclic) bond motifs is 1. The molecule has 0 bridgehead atoms. The fraction of sp³-hybridized carbons (Fsp3) is 0.400. The fourth-order valence-corrected chi connectivity index (χ4v) is 4.90. The van der Waals surface area contributed by atoms with Gasteiger partial charge in [0.2, 0.25) is 11.8 Å². The highest BCUT2D eigenvalue weighted by Crippen LogP contribution is 2.32. The van der Waals surface area contributed by atoms with E-state index in [1.165, 1.54) is 6.33 Å². The van der Waals surface area contributed by atoms with E-state index in [1.54, 1.807) is 6.92 Å². The molecular formula is C30H36N6O3. The van der Waals surface area contributed by atoms with E-state index in [2.05, 4.69) is 50.6 Å². The molecular weight excluding hydrogens is 492 g/mol. The van der Waals surface area contributed by atoms with Crippen LogP contribution in [0.15, 0.2) is 54.9 Å². The number of imidazole rings is 1. The molecule has 0 radical (unpaired) electrons. The molecule has 0 spiro atoms. The van der Waals surface area contributed by atoms with Gasteiger partial charge < -0.3 is 18.9 Å². The maximum absolute atomic E-state index is 11.6. The number of aryl methyl sites for hydroxylation is 1. The van der Waals surface area contributed by atoms with Gasteiger partial charge in [0.15, 0.2) is 11.2 Å². The minimum atomic E-state index is -0.0259. The van der Waals surface area contributed by atoms with Gasteiger partial charge in [-0.2, -0.15) is 4.98 Å². The first kappa shape index (κ1) is 26.6. The fourth-order valence-electron chi connectivity index (χ4n) is 4.90. The molecule has 0 atom stereocenters. The zero-order chi connectivity index (χ0) is 27.4. The summed E-state index contributed by atoms with van der Waals surface area (Å²) in [5.41, 5.74) is 4.62. The highest BCUT2D eigenvalue weighted by atomic mass is 16.5. The van der Waals surface area contributed by atoms with Crippen molar-refractivity contribution in [3.8, 4) is 23.0 Å². The van der Waals surface area contributed by atoms with E-state index in [1.807, 2.05) is 43.0 Å². The number of piperazine rings is 1. The quantitative estimate of drug-likeness (QED) is 0.322. The Labute approximate surface area is 229 Å². The Kier molecular flexibility index (Phi) is 8.07. The third kappa shape index (κ3) is 6.20. The molecule has 1 aliphatic rings. The van der Waals surface area contributed by atoms with Crippen molar-refractivity contribution < 1.29 is 14.3 Å². The lowest BCUT2D eigenvalue weighted by atomic mass is 10.1. The summed E-state index contributed by atoms with van der Waals surface area (Å²) in [6, 6.07) is 16.4. The van der Waals surface area contributed by atoms with E-state index in [0.29, 0.717) is 24.5 Å². The summed E-state index contributed by atoms with van der Waals surface area (Å²) in [5.74, 6) is 2.28. The van der Waals surface area contributed by atoms with Gasteiger partial charge in [0.05, 0.1) is 12.6 Å². The van der Waals surface area contributed by atoms with Crippen LogP contribution >= 0.6 is 0 Å². The first-order valence-corrected chi connectivity index (χ1v) is 13.5. The van der Waals surface area contributed by atoms with Crippen LogP contribution < -0.4 is 9.47 Å². The molecule has 0 saturated carbocycles. The summed E-state index contributed by atoms with van der Waals surface area (Å²) >= 11 is 0. The molecule has 204 valence electrons. The van der Waals surface area contributed by atoms with Crippen LogP contribution in [0.1, 0.15) is 31.9 Å². The average Bonchev–Trinajstić information content (AvgIpc) is 3.28. The van der Waals surface area contributed by atoms with E-state index in [-0.39, 0.29) is 12.0 Å². The van der Waals surface area contributed by atoms with Gasteiger partial charge in [0.1, 0.15) is 24.5 Å². The molecule has 0 unspecified atom stereocenters. The van der Waals surface area contributed by atoms with Crippen molar-refractivity contribution in [1.82, 2.24) is 29.3 Å². The summed E-state index contributed by atoms with van der Waals surface area (Å²) in [6.07, 6.45) is 1.51. The summed E-state index contributed by atoms with van der Waals surface area (Å²) in [7, 11) is 0. The minimum absolute atomic E-state index is 0.0259. The predicted octanol–water partition coefficient (Wildman–Crippen LogP) is 4.18. The van der Waals surface area contributed by atoms with Gasteiger partial charge in [-0.1, -0.05) is 30.3 Å². The molecule has 1 amide bonds. The maximum atomic E-state index is 11.6. The number of hydrogen-bond acceptors (Lipinski definition) is 7. The van der Waals surface area contributed by atoms with Crippen LogP contribution in [0.3, 0.4) is 0 Å². The maximum Gasteiger partial charge on any atom is 0.245 e. The van der Waals surface area contributed by atoms with Crippen LogP contribution in [0.2, 0.25) is 0 Å². The summed E-state index contributed by atoms with van der Waals surface area (Å²) in [6.45, 7) is 13.0. The van der Waals surface area contributed by atoms with Crippen molar-refractivity contribution in [3.63, 3.8) is 0 Å². The SMILES string of the molecule is CC(=O)N1CCN(CCOc2ccc(-c3nc4c(OC(C)C)ncnc4n3Cc3ccccc3)c(C)c2)CC1. The third-order valence-corrected chi connectivity index (χ3v) is 6.96. The minimum Gasteiger partial charge on any atom is -0.492 e. The van der Waals surface area contributed by atoms with Gasteiger partial charge in [0, 0.05) is 45.2 Å². The van der Waals surface area contributed by atoms with Crippen molar-refractivity contribution in [2.24, 2.45) is 0 Å². The largest absolute Gasteiger partial charge is 0.492 e. The molecule has 1 aliphatic heterocycles. The Morgan fingerprint density at radius 2 is 1.79 bits per heavy atom. The van der Waals surface area contributed by atoms with Crippen molar-refractivity contribution in [2.75, 3.05) is 39.3 Å². The van der Waals surface area contributed by atoms with Gasteiger partial charge in [-0.3, -0.25) is 9.69 Å². The number of ether oxygens (including phenoxy) is 2. The molecule has 9 heteroatoms. The third-order valence-electron chi connectivity index (χ3n) is 6.96. The molecule has 0 N–H and O–H groups in total. The molecule has 39 heavy (non-hydrogen) atoms. The molecule has 1 fully saturated rings. The van der Waals surface area contributed by atoms with Gasteiger partial charge >= 0.3 is 0 Å². The van der Waals surface area contributed by atoms with Crippen molar-refractivity contribution >= 4 is 17.1 Å². The monoisotopic (exact) mass is 528 g/mol. The number of nitrogens with zero attached hydrogens (tertiary/aromatic N) is 6. The van der Waals surface area contributed by atoms with E-state index < -0.39 is 0 Å². The van der Waals surface area contributed by atoms with Gasteiger partial charge in [-0.25, -0.2) is 9.97 Å². The lowest BCUT2D eigenvalue weighted by molar-refractivity contribution is -0.130. The van der Waals surface area contributed by atoms with E-state index >= 15 is 0 Å². The molecule has 2 aromatic heterocycles. The Morgan fingerprint density at radius 1 is 1.03 bits per heavy atom. The highest BCUT2D eigenvalue weighted by Gasteiger charge is 2.21. The van der Waals surface area contributed by atoms with Crippen LogP contribution in [0.5, 0.6) is 11.6 Å². The number of carbonyl (C=O) groups excluding carboxylic acids is 1. The average molecular weight is 529 g/mol. The normalized spacial score (nSPS) is 14.2. The van der Waals surface area contributed by atoms with Crippen molar-refractivity contribution in [1.29, 1.82) is 0 Å². The van der Waals surface area contributed by atoms with Crippen molar-refractivity contribution in [2.45, 2.75) is 40.3 Å². The van der Waals surface area contributed by atoms with E-state index in [4.69, 9.17) is 14.5 Å². The number of amides is 1. The zero-order valence-electron chi connectivity index (χ0n) is 23.1. The van der Waals surface area contributed by atoms with Crippen LogP contribution in [-0.4, -0.2) is 80.7 Å². The standard InChI is InChI=1S/C30H36N6O3/c1-21(2)39-30-27-29(31-20-32-30)36(19-24-8-6-5-7-9-24)28(33-27)26-11-10-25(18-22(26)3)38-17-16-34-12-14-35(15-13-34)23(4)37/h5-11,18,20-21H,12-17,19H2,1-4H3. The Balaban J connectivity index is 1.37. The predicted molar refractivity (Wildman–Crippen MR) is 151 cm³/mol. The van der Waals surface area contributed by atoms with Crippen molar-refractivity contribution in [3.05, 3.63) is 66.0 Å². The molecule has 5 rings (SSSR count). The summed E-state index contributed by atoms with van der Waals surface area (Å²) in [4.78, 5) is 29.8. The zero-order valence-corrected chi connectivity index (χ0v) is 23.1. The van der Waals surface area contributed by atoms with E-state index in [9.17, 15) is 4.79 Å². The lowest BCUT2D eigenvalue weighted by Crippen LogP contribution is -2.48. The molecule has 1 saturated heterocycles. The Hall–Kier alpha value is -3.98. The number of benzene rings is 2. The van der Waals surface area contributed by atoms with Crippen LogP contribution in [-0.2, 0) is 11.3 Å². The highest BCUT2D eigenvalue weighted by molar-refractivity contribution is 5.82. The Bertz CT molecular complexity index is 1430. The van der Waals surface area contributed by atoms with Gasteiger partial charge in [0.25, 0.3) is 0 Å².